The number of hydrogen-bond donors (Lipinski definition) is 1. The van der Waals surface area contributed by atoms with E-state index in [4.69, 9.17) is 0 Å². The Kier molecular flexibility index (Phi) is 6.16. The maximum atomic E-state index is 13.7. The van der Waals surface area contributed by atoms with E-state index in [0.29, 0.717) is 17.8 Å². The summed E-state index contributed by atoms with van der Waals surface area (Å²) < 4.78 is 28.9. The summed E-state index contributed by atoms with van der Waals surface area (Å²) in [5.41, 5.74) is 5.18. The van der Waals surface area contributed by atoms with E-state index in [0.717, 1.165) is 34.9 Å². The van der Waals surface area contributed by atoms with Crippen molar-refractivity contribution in [3.63, 3.8) is 0 Å². The van der Waals surface area contributed by atoms with E-state index >= 15 is 0 Å². The minimum atomic E-state index is -0.886. The molecule has 152 valence electrons. The Labute approximate surface area is 170 Å². The average Bonchev–Trinajstić information content (AvgIpc) is 2.94. The molecule has 0 radical (unpaired) electrons. The van der Waals surface area contributed by atoms with Crippen LogP contribution in [0.15, 0.2) is 48.5 Å². The van der Waals surface area contributed by atoms with Crippen molar-refractivity contribution in [1.82, 2.24) is 9.88 Å². The van der Waals surface area contributed by atoms with Crippen LogP contribution in [0.4, 0.5) is 8.78 Å². The predicted molar refractivity (Wildman–Crippen MR) is 111 cm³/mol. The quantitative estimate of drug-likeness (QED) is 0.588. The van der Waals surface area contributed by atoms with Crippen molar-refractivity contribution in [3.8, 4) is 0 Å². The number of halogens is 2. The van der Waals surface area contributed by atoms with Gasteiger partial charge in [0.05, 0.1) is 6.04 Å². The molecule has 0 saturated carbocycles. The van der Waals surface area contributed by atoms with Crippen LogP contribution in [-0.2, 0) is 13.0 Å². The smallest absolute Gasteiger partial charge is 0.268 e. The molecule has 0 spiro atoms. The number of nitrogens with zero attached hydrogens (tertiary/aromatic N) is 1. The number of rotatable bonds is 6. The molecule has 0 aliphatic heterocycles. The normalized spacial score (nSPS) is 12.1. The summed E-state index contributed by atoms with van der Waals surface area (Å²) >= 11 is 0. The standard InChI is InChI=1S/C24H26F2N2O/c1-5-20-15(2)23(24(29)27-16(3)19-9-7-6-8-10-19)28(17(20)4)14-18-11-12-21(25)22(26)13-18/h6-13,16H,5,14H2,1-4H3,(H,27,29). The summed E-state index contributed by atoms with van der Waals surface area (Å²) in [5, 5.41) is 3.07. The molecule has 1 heterocycles. The van der Waals surface area contributed by atoms with Gasteiger partial charge in [-0.3, -0.25) is 4.79 Å². The SMILES string of the molecule is CCc1c(C)c(C(=O)NC(C)c2ccccc2)n(Cc2ccc(F)c(F)c2)c1C. The molecule has 3 nitrogen and oxygen atoms in total. The summed E-state index contributed by atoms with van der Waals surface area (Å²) in [7, 11) is 0. The summed E-state index contributed by atoms with van der Waals surface area (Å²) in [6, 6.07) is 13.5. The number of benzene rings is 2. The highest BCUT2D eigenvalue weighted by Gasteiger charge is 2.23. The first-order chi connectivity index (χ1) is 13.8. The Bertz CT molecular complexity index is 1030. The van der Waals surface area contributed by atoms with E-state index in [-0.39, 0.29) is 11.9 Å². The van der Waals surface area contributed by atoms with Gasteiger partial charge in [-0.2, -0.15) is 0 Å². The minimum Gasteiger partial charge on any atom is -0.344 e. The molecule has 0 saturated heterocycles. The number of nitrogens with one attached hydrogen (secondary N) is 1. The van der Waals surface area contributed by atoms with Crippen molar-refractivity contribution in [2.24, 2.45) is 0 Å². The van der Waals surface area contributed by atoms with Crippen LogP contribution in [0.25, 0.3) is 0 Å². The first-order valence-electron chi connectivity index (χ1n) is 9.81. The molecule has 0 aliphatic rings. The first kappa shape index (κ1) is 20.8. The highest BCUT2D eigenvalue weighted by atomic mass is 19.2. The topological polar surface area (TPSA) is 34.0 Å². The second kappa shape index (κ2) is 8.60. The number of aromatic nitrogens is 1. The van der Waals surface area contributed by atoms with Crippen LogP contribution in [0.1, 0.15) is 58.3 Å². The highest BCUT2D eigenvalue weighted by molar-refractivity contribution is 5.95. The van der Waals surface area contributed by atoms with Crippen LogP contribution in [0.2, 0.25) is 0 Å². The van der Waals surface area contributed by atoms with Gasteiger partial charge in [0.2, 0.25) is 0 Å². The van der Waals surface area contributed by atoms with Gasteiger partial charge in [0, 0.05) is 12.2 Å². The van der Waals surface area contributed by atoms with Gasteiger partial charge < -0.3 is 9.88 Å². The zero-order chi connectivity index (χ0) is 21.1. The predicted octanol–water partition coefficient (Wildman–Crippen LogP) is 5.48. The van der Waals surface area contributed by atoms with Crippen LogP contribution in [0.5, 0.6) is 0 Å². The third-order valence-corrected chi connectivity index (χ3v) is 5.46. The Morgan fingerprint density at radius 3 is 2.38 bits per heavy atom. The third kappa shape index (κ3) is 4.24. The molecule has 3 aromatic rings. The minimum absolute atomic E-state index is 0.153. The summed E-state index contributed by atoms with van der Waals surface area (Å²) in [6.07, 6.45) is 0.789. The fourth-order valence-electron chi connectivity index (χ4n) is 3.87. The van der Waals surface area contributed by atoms with E-state index < -0.39 is 11.6 Å². The van der Waals surface area contributed by atoms with Crippen molar-refractivity contribution in [1.29, 1.82) is 0 Å². The summed E-state index contributed by atoms with van der Waals surface area (Å²) in [5.74, 6) is -1.94. The Morgan fingerprint density at radius 1 is 1.07 bits per heavy atom. The zero-order valence-electron chi connectivity index (χ0n) is 17.2. The molecule has 0 fully saturated rings. The molecular formula is C24H26F2N2O. The fourth-order valence-corrected chi connectivity index (χ4v) is 3.87. The molecular weight excluding hydrogens is 370 g/mol. The van der Waals surface area contributed by atoms with Gasteiger partial charge in [0.25, 0.3) is 5.91 Å². The zero-order valence-corrected chi connectivity index (χ0v) is 17.2. The van der Waals surface area contributed by atoms with Crippen molar-refractivity contribution >= 4 is 5.91 Å². The van der Waals surface area contributed by atoms with E-state index in [1.54, 1.807) is 6.07 Å². The molecule has 2 aromatic carbocycles. The number of amides is 1. The van der Waals surface area contributed by atoms with Crippen molar-refractivity contribution in [2.75, 3.05) is 0 Å². The monoisotopic (exact) mass is 396 g/mol. The maximum Gasteiger partial charge on any atom is 0.268 e. The second-order valence-electron chi connectivity index (χ2n) is 7.33. The summed E-state index contributed by atoms with van der Waals surface area (Å²) in [4.78, 5) is 13.2. The Hall–Kier alpha value is -2.95. The lowest BCUT2D eigenvalue weighted by Crippen LogP contribution is -2.29. The number of hydrogen-bond acceptors (Lipinski definition) is 1. The highest BCUT2D eigenvalue weighted by Crippen LogP contribution is 2.25. The molecule has 29 heavy (non-hydrogen) atoms. The van der Waals surface area contributed by atoms with Crippen LogP contribution >= 0.6 is 0 Å². The van der Waals surface area contributed by atoms with Crippen LogP contribution in [0, 0.1) is 25.5 Å². The van der Waals surface area contributed by atoms with E-state index in [1.165, 1.54) is 6.07 Å². The van der Waals surface area contributed by atoms with Crippen LogP contribution in [-0.4, -0.2) is 10.5 Å². The second-order valence-corrected chi connectivity index (χ2v) is 7.33. The number of carbonyl (C=O) groups excluding carboxylic acids is 1. The van der Waals surface area contributed by atoms with Gasteiger partial charge >= 0.3 is 0 Å². The molecule has 3 rings (SSSR count). The molecule has 1 unspecified atom stereocenters. The maximum absolute atomic E-state index is 13.7. The molecule has 5 heteroatoms. The third-order valence-electron chi connectivity index (χ3n) is 5.46. The van der Waals surface area contributed by atoms with Crippen LogP contribution < -0.4 is 5.32 Å². The van der Waals surface area contributed by atoms with E-state index in [2.05, 4.69) is 5.32 Å². The van der Waals surface area contributed by atoms with Crippen molar-refractivity contribution in [3.05, 3.63) is 93.8 Å². The molecule has 1 N–H and O–H groups in total. The van der Waals surface area contributed by atoms with Gasteiger partial charge in [0.15, 0.2) is 11.6 Å². The van der Waals surface area contributed by atoms with Gasteiger partial charge in [0.1, 0.15) is 5.69 Å². The van der Waals surface area contributed by atoms with Gasteiger partial charge in [-0.25, -0.2) is 8.78 Å². The van der Waals surface area contributed by atoms with Gasteiger partial charge in [-0.05, 0) is 61.6 Å². The van der Waals surface area contributed by atoms with Gasteiger partial charge in [-0.1, -0.05) is 43.3 Å². The molecule has 0 bridgehead atoms. The van der Waals surface area contributed by atoms with E-state index in [9.17, 15) is 13.6 Å². The molecule has 1 amide bonds. The lowest BCUT2D eigenvalue weighted by molar-refractivity contribution is 0.0930. The first-order valence-corrected chi connectivity index (χ1v) is 9.81. The largest absolute Gasteiger partial charge is 0.344 e. The number of carbonyl (C=O) groups is 1. The Morgan fingerprint density at radius 2 is 1.76 bits per heavy atom. The molecule has 1 atom stereocenters. The van der Waals surface area contributed by atoms with Crippen LogP contribution in [0.3, 0.4) is 0 Å². The average molecular weight is 396 g/mol. The van der Waals surface area contributed by atoms with Crippen molar-refractivity contribution in [2.45, 2.75) is 46.7 Å². The van der Waals surface area contributed by atoms with E-state index in [1.807, 2.05) is 62.6 Å². The Balaban J connectivity index is 1.96. The molecule has 0 aliphatic carbocycles. The fraction of sp³-hybridized carbons (Fsp3) is 0.292. The van der Waals surface area contributed by atoms with Crippen molar-refractivity contribution < 1.29 is 13.6 Å². The lowest BCUT2D eigenvalue weighted by Gasteiger charge is -2.17. The molecule has 1 aromatic heterocycles. The summed E-state index contributed by atoms with van der Waals surface area (Å²) in [6.45, 7) is 8.19. The van der Waals surface area contributed by atoms with Gasteiger partial charge in [-0.15, -0.1) is 0 Å². The lowest BCUT2D eigenvalue weighted by atomic mass is 10.1.